The maximum atomic E-state index is 13.2. The van der Waals surface area contributed by atoms with Crippen molar-refractivity contribution in [3.8, 4) is 0 Å². The van der Waals surface area contributed by atoms with Crippen LogP contribution in [-0.2, 0) is 12.5 Å². The van der Waals surface area contributed by atoms with Gasteiger partial charge in [0.1, 0.15) is 5.82 Å². The zero-order valence-corrected chi connectivity index (χ0v) is 8.83. The zero-order valence-electron chi connectivity index (χ0n) is 7.26. The number of hydrogen-bond donors (Lipinski definition) is 1. The smallest absolute Gasteiger partial charge is 0.141 e. The summed E-state index contributed by atoms with van der Waals surface area (Å²) >= 11 is 7.07. The average molecular weight is 231 g/mol. The van der Waals surface area contributed by atoms with Crippen LogP contribution in [0.15, 0.2) is 17.5 Å². The van der Waals surface area contributed by atoms with Crippen molar-refractivity contribution in [1.29, 1.82) is 0 Å². The van der Waals surface area contributed by atoms with Crippen LogP contribution in [0.1, 0.15) is 11.1 Å². The van der Waals surface area contributed by atoms with Crippen LogP contribution in [0.4, 0.5) is 4.39 Å². The Bertz CT molecular complexity index is 466. The highest BCUT2D eigenvalue weighted by molar-refractivity contribution is 7.17. The van der Waals surface area contributed by atoms with Crippen molar-refractivity contribution in [2.45, 2.75) is 12.5 Å². The summed E-state index contributed by atoms with van der Waals surface area (Å²) in [7, 11) is 0. The molecule has 0 amide bonds. The van der Waals surface area contributed by atoms with Crippen LogP contribution >= 0.6 is 22.9 Å². The highest BCUT2D eigenvalue weighted by Crippen LogP contribution is 2.28. The molecule has 0 saturated heterocycles. The molecule has 0 spiro atoms. The van der Waals surface area contributed by atoms with Gasteiger partial charge in [-0.2, -0.15) is 0 Å². The fourth-order valence-corrected chi connectivity index (χ4v) is 2.50. The molecule has 1 nitrogen and oxygen atoms in total. The van der Waals surface area contributed by atoms with E-state index in [0.29, 0.717) is 16.8 Å². The molecule has 2 rings (SSSR count). The summed E-state index contributed by atoms with van der Waals surface area (Å²) in [6.45, 7) is -0.104. The van der Waals surface area contributed by atoms with Gasteiger partial charge in [0, 0.05) is 21.3 Å². The van der Waals surface area contributed by atoms with Crippen molar-refractivity contribution >= 4 is 33.0 Å². The lowest BCUT2D eigenvalue weighted by Crippen LogP contribution is -1.90. The van der Waals surface area contributed by atoms with Crippen LogP contribution in [-0.4, -0.2) is 5.11 Å². The van der Waals surface area contributed by atoms with Gasteiger partial charge in [-0.05, 0) is 23.3 Å². The molecule has 1 aromatic carbocycles. The van der Waals surface area contributed by atoms with E-state index >= 15 is 0 Å². The molecule has 0 fully saturated rings. The first kappa shape index (κ1) is 9.90. The molecule has 0 saturated carbocycles. The van der Waals surface area contributed by atoms with Gasteiger partial charge in [-0.3, -0.25) is 0 Å². The molecule has 0 atom stereocenters. The number of fused-ring (bicyclic) bond motifs is 1. The van der Waals surface area contributed by atoms with E-state index in [1.165, 1.54) is 16.7 Å². The highest BCUT2D eigenvalue weighted by atomic mass is 35.5. The highest BCUT2D eigenvalue weighted by Gasteiger charge is 2.08. The summed E-state index contributed by atoms with van der Waals surface area (Å²) in [6.07, 6.45) is 0. The maximum absolute atomic E-state index is 13.2. The summed E-state index contributed by atoms with van der Waals surface area (Å²) in [4.78, 5) is 0. The molecular formula is C10H8ClFOS. The number of thiophene rings is 1. The zero-order chi connectivity index (χ0) is 10.1. The molecule has 14 heavy (non-hydrogen) atoms. The van der Waals surface area contributed by atoms with Crippen molar-refractivity contribution < 1.29 is 9.50 Å². The predicted molar refractivity (Wildman–Crippen MR) is 57.3 cm³/mol. The summed E-state index contributed by atoms with van der Waals surface area (Å²) in [5, 5.41) is 11.1. The Morgan fingerprint density at radius 3 is 2.79 bits per heavy atom. The number of alkyl halides is 1. The van der Waals surface area contributed by atoms with Crippen molar-refractivity contribution in [1.82, 2.24) is 0 Å². The summed E-state index contributed by atoms with van der Waals surface area (Å²) < 4.78 is 14.1. The van der Waals surface area contributed by atoms with E-state index in [-0.39, 0.29) is 12.4 Å². The van der Waals surface area contributed by atoms with Gasteiger partial charge in [0.2, 0.25) is 0 Å². The average Bonchev–Trinajstić information content (AvgIpc) is 2.58. The predicted octanol–water partition coefficient (Wildman–Crippen LogP) is 3.27. The monoisotopic (exact) mass is 230 g/mol. The Labute approximate surface area is 89.7 Å². The lowest BCUT2D eigenvalue weighted by Gasteiger charge is -2.03. The topological polar surface area (TPSA) is 20.2 Å². The first-order valence-corrected chi connectivity index (χ1v) is 5.53. The fraction of sp³-hybridized carbons (Fsp3) is 0.200. The van der Waals surface area contributed by atoms with Crippen molar-refractivity contribution in [3.05, 3.63) is 34.5 Å². The van der Waals surface area contributed by atoms with Crippen LogP contribution in [0.25, 0.3) is 10.1 Å². The number of halogens is 2. The molecule has 1 N–H and O–H groups in total. The minimum absolute atomic E-state index is 0.104. The minimum atomic E-state index is -0.235. The van der Waals surface area contributed by atoms with E-state index in [0.717, 1.165) is 10.3 Å². The van der Waals surface area contributed by atoms with Gasteiger partial charge in [0.05, 0.1) is 6.61 Å². The summed E-state index contributed by atoms with van der Waals surface area (Å²) in [5.74, 6) is 0.103. The first-order valence-electron chi connectivity index (χ1n) is 4.11. The molecule has 0 aliphatic heterocycles. The van der Waals surface area contributed by atoms with Gasteiger partial charge in [-0.1, -0.05) is 0 Å². The largest absolute Gasteiger partial charge is 0.392 e. The molecule has 0 unspecified atom stereocenters. The molecule has 4 heteroatoms. The molecule has 0 radical (unpaired) electrons. The van der Waals surface area contributed by atoms with Gasteiger partial charge in [0.15, 0.2) is 0 Å². The maximum Gasteiger partial charge on any atom is 0.141 e. The molecule has 0 aliphatic carbocycles. The standard InChI is InChI=1S/C10H8ClFOS/c11-3-6-2-10-8(1-7(6)4-13)9(12)5-14-10/h1-2,5,13H,3-4H2. The lowest BCUT2D eigenvalue weighted by molar-refractivity contribution is 0.281. The summed E-state index contributed by atoms with van der Waals surface area (Å²) in [6, 6.07) is 3.50. The third-order valence-corrected chi connectivity index (χ3v) is 3.37. The van der Waals surface area contributed by atoms with Gasteiger partial charge in [-0.15, -0.1) is 22.9 Å². The van der Waals surface area contributed by atoms with Gasteiger partial charge < -0.3 is 5.11 Å². The molecule has 1 heterocycles. The number of hydrogen-bond acceptors (Lipinski definition) is 2. The van der Waals surface area contributed by atoms with Crippen molar-refractivity contribution in [2.24, 2.45) is 0 Å². The quantitative estimate of drug-likeness (QED) is 0.786. The van der Waals surface area contributed by atoms with E-state index in [9.17, 15) is 4.39 Å². The fourth-order valence-electron chi connectivity index (χ4n) is 1.40. The molecular weight excluding hydrogens is 223 g/mol. The Hall–Kier alpha value is -0.640. The SMILES string of the molecule is OCc1cc2c(F)csc2cc1CCl. The molecule has 0 bridgehead atoms. The van der Waals surface area contributed by atoms with E-state index < -0.39 is 0 Å². The molecule has 0 aliphatic rings. The van der Waals surface area contributed by atoms with E-state index in [2.05, 4.69) is 0 Å². The summed E-state index contributed by atoms with van der Waals surface area (Å²) in [5.41, 5.74) is 1.56. The van der Waals surface area contributed by atoms with Crippen molar-refractivity contribution in [2.75, 3.05) is 0 Å². The van der Waals surface area contributed by atoms with Gasteiger partial charge in [-0.25, -0.2) is 4.39 Å². The normalized spacial score (nSPS) is 11.1. The van der Waals surface area contributed by atoms with Crippen LogP contribution in [0, 0.1) is 5.82 Å². The van der Waals surface area contributed by atoms with Crippen LogP contribution in [0.5, 0.6) is 0 Å². The van der Waals surface area contributed by atoms with Crippen LogP contribution in [0.3, 0.4) is 0 Å². The second-order valence-electron chi connectivity index (χ2n) is 2.99. The minimum Gasteiger partial charge on any atom is -0.392 e. The Morgan fingerprint density at radius 2 is 2.14 bits per heavy atom. The Morgan fingerprint density at radius 1 is 1.36 bits per heavy atom. The number of aliphatic hydroxyl groups excluding tert-OH is 1. The van der Waals surface area contributed by atoms with Crippen LogP contribution < -0.4 is 0 Å². The number of aliphatic hydroxyl groups is 1. The Kier molecular flexibility index (Phi) is 2.72. The van der Waals surface area contributed by atoms with Gasteiger partial charge in [0.25, 0.3) is 0 Å². The number of rotatable bonds is 2. The Balaban J connectivity index is 2.71. The van der Waals surface area contributed by atoms with E-state index in [1.807, 2.05) is 6.07 Å². The van der Waals surface area contributed by atoms with Gasteiger partial charge >= 0.3 is 0 Å². The van der Waals surface area contributed by atoms with E-state index in [4.69, 9.17) is 16.7 Å². The first-order chi connectivity index (χ1) is 6.76. The lowest BCUT2D eigenvalue weighted by atomic mass is 10.1. The van der Waals surface area contributed by atoms with E-state index in [1.54, 1.807) is 6.07 Å². The molecule has 74 valence electrons. The molecule has 2 aromatic rings. The second-order valence-corrected chi connectivity index (χ2v) is 4.17. The second kappa shape index (κ2) is 3.85. The van der Waals surface area contributed by atoms with Crippen LogP contribution in [0.2, 0.25) is 0 Å². The third-order valence-electron chi connectivity index (χ3n) is 2.16. The third kappa shape index (κ3) is 1.52. The molecule has 1 aromatic heterocycles. The number of benzene rings is 1. The van der Waals surface area contributed by atoms with Crippen molar-refractivity contribution in [3.63, 3.8) is 0 Å².